The largest absolute Gasteiger partial charge is 0.478 e. The summed E-state index contributed by atoms with van der Waals surface area (Å²) in [5, 5.41) is 18.1. The molecule has 32 heavy (non-hydrogen) atoms. The van der Waals surface area contributed by atoms with Crippen molar-refractivity contribution < 1.29 is 23.9 Å². The normalized spacial score (nSPS) is 14.8. The molecule has 2 amide bonds. The molecule has 1 aliphatic heterocycles. The summed E-state index contributed by atoms with van der Waals surface area (Å²) in [5.41, 5.74) is 1.43. The molecular formula is C23H13ClN2O5S. The Morgan fingerprint density at radius 2 is 1.97 bits per heavy atom. The average molecular weight is 465 g/mol. The number of carboxylic acid groups (broad SMARTS) is 1. The Kier molecular flexibility index (Phi) is 5.86. The van der Waals surface area contributed by atoms with Gasteiger partial charge < -0.3 is 9.52 Å². The topological polar surface area (TPSA) is 112 Å². The fourth-order valence-electron chi connectivity index (χ4n) is 3.13. The lowest BCUT2D eigenvalue weighted by molar-refractivity contribution is -0.123. The van der Waals surface area contributed by atoms with Gasteiger partial charge in [0.25, 0.3) is 11.1 Å². The van der Waals surface area contributed by atoms with Crippen LogP contribution in [0.4, 0.5) is 4.79 Å². The summed E-state index contributed by atoms with van der Waals surface area (Å²) in [5.74, 6) is -0.923. The highest BCUT2D eigenvalue weighted by Crippen LogP contribution is 2.35. The molecule has 0 bridgehead atoms. The molecule has 7 nitrogen and oxygen atoms in total. The molecule has 0 radical (unpaired) electrons. The number of carbonyl (C=O) groups is 3. The standard InChI is InChI=1S/C23H13ClN2O5S/c24-18-7-5-13(9-17(18)22(28)29)19-8-6-16(31-19)10-20-21(27)26(23(30)32-20)12-15-4-2-1-3-14(15)11-25/h1-10H,12H2,(H,28,29). The smallest absolute Gasteiger partial charge is 0.337 e. The number of nitrogens with zero attached hydrogens (tertiary/aromatic N) is 2. The van der Waals surface area contributed by atoms with Gasteiger partial charge in [-0.15, -0.1) is 0 Å². The highest BCUT2D eigenvalue weighted by molar-refractivity contribution is 8.18. The second-order valence-electron chi connectivity index (χ2n) is 6.74. The molecule has 2 aromatic carbocycles. The number of imide groups is 1. The number of furan rings is 1. The number of thioether (sulfide) groups is 1. The summed E-state index contributed by atoms with van der Waals surface area (Å²) in [7, 11) is 0. The van der Waals surface area contributed by atoms with Gasteiger partial charge in [-0.1, -0.05) is 29.8 Å². The second-order valence-corrected chi connectivity index (χ2v) is 8.14. The molecule has 0 aliphatic carbocycles. The number of rotatable bonds is 5. The van der Waals surface area contributed by atoms with Crippen LogP contribution in [0.3, 0.4) is 0 Å². The summed E-state index contributed by atoms with van der Waals surface area (Å²) in [6, 6.07) is 16.6. The van der Waals surface area contributed by atoms with E-state index in [1.165, 1.54) is 18.2 Å². The Balaban J connectivity index is 1.57. The first-order valence-corrected chi connectivity index (χ1v) is 10.4. The Morgan fingerprint density at radius 3 is 2.72 bits per heavy atom. The first-order chi connectivity index (χ1) is 15.4. The van der Waals surface area contributed by atoms with Crippen molar-refractivity contribution in [3.05, 3.63) is 87.0 Å². The first kappa shape index (κ1) is 21.4. The summed E-state index contributed by atoms with van der Waals surface area (Å²) < 4.78 is 5.73. The van der Waals surface area contributed by atoms with Crippen LogP contribution < -0.4 is 0 Å². The number of carbonyl (C=O) groups excluding carboxylic acids is 2. The molecule has 3 aromatic rings. The minimum Gasteiger partial charge on any atom is -0.478 e. The maximum Gasteiger partial charge on any atom is 0.337 e. The van der Waals surface area contributed by atoms with Crippen molar-refractivity contribution in [2.45, 2.75) is 6.54 Å². The fraction of sp³-hybridized carbons (Fsp3) is 0.0435. The molecule has 0 atom stereocenters. The minimum atomic E-state index is -1.16. The number of amides is 2. The van der Waals surface area contributed by atoms with Crippen LogP contribution in [0.15, 0.2) is 63.9 Å². The van der Waals surface area contributed by atoms with Gasteiger partial charge in [-0.05, 0) is 53.7 Å². The van der Waals surface area contributed by atoms with Crippen LogP contribution in [0, 0.1) is 11.3 Å². The van der Waals surface area contributed by atoms with Crippen molar-refractivity contribution in [3.63, 3.8) is 0 Å². The molecular weight excluding hydrogens is 452 g/mol. The van der Waals surface area contributed by atoms with Gasteiger partial charge in [-0.3, -0.25) is 14.5 Å². The van der Waals surface area contributed by atoms with Crippen LogP contribution in [0.2, 0.25) is 5.02 Å². The van der Waals surface area contributed by atoms with Crippen LogP contribution in [0.5, 0.6) is 0 Å². The van der Waals surface area contributed by atoms with E-state index in [2.05, 4.69) is 6.07 Å². The zero-order chi connectivity index (χ0) is 22.8. The molecule has 0 unspecified atom stereocenters. The van der Waals surface area contributed by atoms with E-state index in [0.29, 0.717) is 28.2 Å². The van der Waals surface area contributed by atoms with E-state index in [9.17, 15) is 24.8 Å². The number of benzene rings is 2. The van der Waals surface area contributed by atoms with Gasteiger partial charge in [0.15, 0.2) is 0 Å². The van der Waals surface area contributed by atoms with E-state index in [1.807, 2.05) is 0 Å². The van der Waals surface area contributed by atoms with Crippen molar-refractivity contribution in [2.24, 2.45) is 0 Å². The third-order valence-corrected chi connectivity index (χ3v) is 5.96. The van der Waals surface area contributed by atoms with Crippen LogP contribution in [0.1, 0.15) is 27.2 Å². The van der Waals surface area contributed by atoms with E-state index in [-0.39, 0.29) is 22.0 Å². The van der Waals surface area contributed by atoms with Gasteiger partial charge >= 0.3 is 5.97 Å². The minimum absolute atomic E-state index is 0.00210. The molecule has 9 heteroatoms. The van der Waals surface area contributed by atoms with Crippen molar-refractivity contribution >= 4 is 46.6 Å². The van der Waals surface area contributed by atoms with Crippen LogP contribution in [-0.2, 0) is 11.3 Å². The van der Waals surface area contributed by atoms with Gasteiger partial charge in [0, 0.05) is 11.6 Å². The Bertz CT molecular complexity index is 1340. The highest BCUT2D eigenvalue weighted by atomic mass is 35.5. The predicted molar refractivity (Wildman–Crippen MR) is 119 cm³/mol. The van der Waals surface area contributed by atoms with Gasteiger partial charge in [-0.25, -0.2) is 4.79 Å². The number of halogens is 1. The summed E-state index contributed by atoms with van der Waals surface area (Å²) in [6.07, 6.45) is 1.46. The number of nitriles is 1. The number of hydrogen-bond acceptors (Lipinski definition) is 6. The van der Waals surface area contributed by atoms with Gasteiger partial charge in [0.2, 0.25) is 0 Å². The van der Waals surface area contributed by atoms with E-state index in [4.69, 9.17) is 16.0 Å². The number of aromatic carboxylic acids is 1. The molecule has 4 rings (SSSR count). The van der Waals surface area contributed by atoms with E-state index >= 15 is 0 Å². The molecule has 158 valence electrons. The Labute approximate surface area is 191 Å². The lowest BCUT2D eigenvalue weighted by atomic mass is 10.1. The maximum atomic E-state index is 12.8. The van der Waals surface area contributed by atoms with Crippen LogP contribution in [0.25, 0.3) is 17.4 Å². The first-order valence-electron chi connectivity index (χ1n) is 9.24. The lowest BCUT2D eigenvalue weighted by Crippen LogP contribution is -2.27. The number of hydrogen-bond donors (Lipinski definition) is 1. The highest BCUT2D eigenvalue weighted by Gasteiger charge is 2.35. The lowest BCUT2D eigenvalue weighted by Gasteiger charge is -2.13. The van der Waals surface area contributed by atoms with E-state index < -0.39 is 17.1 Å². The zero-order valence-corrected chi connectivity index (χ0v) is 17.8. The summed E-state index contributed by atoms with van der Waals surface area (Å²) in [6.45, 7) is -0.00210. The van der Waals surface area contributed by atoms with Gasteiger partial charge in [0.05, 0.1) is 33.7 Å². The molecule has 1 N–H and O–H groups in total. The van der Waals surface area contributed by atoms with Crippen molar-refractivity contribution in [3.8, 4) is 17.4 Å². The zero-order valence-electron chi connectivity index (χ0n) is 16.2. The molecule has 2 heterocycles. The third-order valence-electron chi connectivity index (χ3n) is 4.72. The summed E-state index contributed by atoms with van der Waals surface area (Å²) >= 11 is 6.69. The predicted octanol–water partition coefficient (Wildman–Crippen LogP) is 5.41. The van der Waals surface area contributed by atoms with Crippen molar-refractivity contribution in [1.29, 1.82) is 5.26 Å². The third kappa shape index (κ3) is 4.17. The average Bonchev–Trinajstić information content (AvgIpc) is 3.34. The van der Waals surface area contributed by atoms with Crippen molar-refractivity contribution in [2.75, 3.05) is 0 Å². The SMILES string of the molecule is N#Cc1ccccc1CN1C(=O)SC(=Cc2ccc(-c3ccc(Cl)c(C(=O)O)c3)o2)C1=O. The molecule has 1 aromatic heterocycles. The monoisotopic (exact) mass is 464 g/mol. The maximum absolute atomic E-state index is 12.8. The summed E-state index contributed by atoms with van der Waals surface area (Å²) in [4.78, 5) is 37.7. The van der Waals surface area contributed by atoms with Gasteiger partial charge in [-0.2, -0.15) is 5.26 Å². The number of carboxylic acids is 1. The second kappa shape index (κ2) is 8.75. The van der Waals surface area contributed by atoms with E-state index in [1.54, 1.807) is 42.5 Å². The fourth-order valence-corrected chi connectivity index (χ4v) is 4.15. The Hall–Kier alpha value is -3.80. The van der Waals surface area contributed by atoms with Crippen molar-refractivity contribution in [1.82, 2.24) is 4.90 Å². The van der Waals surface area contributed by atoms with Crippen LogP contribution >= 0.6 is 23.4 Å². The molecule has 1 saturated heterocycles. The molecule has 1 fully saturated rings. The Morgan fingerprint density at radius 1 is 1.19 bits per heavy atom. The molecule has 1 aliphatic rings. The molecule has 0 spiro atoms. The van der Waals surface area contributed by atoms with E-state index in [0.717, 1.165) is 16.7 Å². The van der Waals surface area contributed by atoms with Crippen LogP contribution in [-0.4, -0.2) is 27.1 Å². The van der Waals surface area contributed by atoms with Gasteiger partial charge in [0.1, 0.15) is 11.5 Å². The molecule has 0 saturated carbocycles. The quantitative estimate of drug-likeness (QED) is 0.502.